The van der Waals surface area contributed by atoms with Crippen LogP contribution in [-0.4, -0.2) is 19.1 Å². The van der Waals surface area contributed by atoms with Gasteiger partial charge in [0.1, 0.15) is 0 Å². The molecule has 0 unspecified atom stereocenters. The number of nitrogens with zero attached hydrogens (tertiary/aromatic N) is 2. The van der Waals surface area contributed by atoms with Crippen LogP contribution in [0.1, 0.15) is 15.4 Å². The van der Waals surface area contributed by atoms with E-state index in [1.165, 1.54) is 16.1 Å². The predicted molar refractivity (Wildman–Crippen MR) is 78.2 cm³/mol. The van der Waals surface area contributed by atoms with E-state index in [2.05, 4.69) is 53.6 Å². The van der Waals surface area contributed by atoms with Gasteiger partial charge in [0.2, 0.25) is 0 Å². The Hall–Kier alpha value is -1.39. The molecule has 96 valence electrons. The van der Waals surface area contributed by atoms with E-state index >= 15 is 0 Å². The number of hydrogen-bond acceptors (Lipinski definition) is 4. The van der Waals surface area contributed by atoms with Crippen molar-refractivity contribution in [2.24, 2.45) is 0 Å². The van der Waals surface area contributed by atoms with Crippen LogP contribution in [0.5, 0.6) is 0 Å². The SMILES string of the molecule is Cc1ncc(CNCc2ccc(N(C)C)cc2)s1. The van der Waals surface area contributed by atoms with Crippen LogP contribution in [0.25, 0.3) is 0 Å². The summed E-state index contributed by atoms with van der Waals surface area (Å²) in [6, 6.07) is 8.63. The van der Waals surface area contributed by atoms with Gasteiger partial charge in [-0.3, -0.25) is 0 Å². The van der Waals surface area contributed by atoms with E-state index in [0.29, 0.717) is 0 Å². The van der Waals surface area contributed by atoms with Gasteiger partial charge in [-0.05, 0) is 24.6 Å². The van der Waals surface area contributed by atoms with Crippen molar-refractivity contribution in [1.82, 2.24) is 10.3 Å². The highest BCUT2D eigenvalue weighted by atomic mass is 32.1. The average molecular weight is 261 g/mol. The monoisotopic (exact) mass is 261 g/mol. The molecule has 3 nitrogen and oxygen atoms in total. The Morgan fingerprint density at radius 1 is 1.17 bits per heavy atom. The summed E-state index contributed by atoms with van der Waals surface area (Å²) >= 11 is 1.75. The van der Waals surface area contributed by atoms with E-state index in [4.69, 9.17) is 0 Å². The lowest BCUT2D eigenvalue weighted by molar-refractivity contribution is 0.700. The first-order valence-corrected chi connectivity index (χ1v) is 6.85. The summed E-state index contributed by atoms with van der Waals surface area (Å²) in [5.74, 6) is 0. The van der Waals surface area contributed by atoms with Crippen molar-refractivity contribution in [3.05, 3.63) is 45.9 Å². The van der Waals surface area contributed by atoms with E-state index in [-0.39, 0.29) is 0 Å². The van der Waals surface area contributed by atoms with Crippen molar-refractivity contribution in [2.45, 2.75) is 20.0 Å². The zero-order valence-corrected chi connectivity index (χ0v) is 11.9. The molecule has 0 aliphatic carbocycles. The second kappa shape index (κ2) is 5.98. The molecule has 0 spiro atoms. The van der Waals surface area contributed by atoms with Crippen LogP contribution in [0.15, 0.2) is 30.5 Å². The van der Waals surface area contributed by atoms with Gasteiger partial charge in [0.25, 0.3) is 0 Å². The molecule has 0 aliphatic heterocycles. The van der Waals surface area contributed by atoms with Crippen LogP contribution in [0.3, 0.4) is 0 Å². The van der Waals surface area contributed by atoms with Crippen molar-refractivity contribution < 1.29 is 0 Å². The Morgan fingerprint density at radius 2 is 1.89 bits per heavy atom. The first-order chi connectivity index (χ1) is 8.65. The molecule has 1 N–H and O–H groups in total. The second-order valence-corrected chi connectivity index (χ2v) is 5.83. The summed E-state index contributed by atoms with van der Waals surface area (Å²) in [5.41, 5.74) is 2.54. The van der Waals surface area contributed by atoms with Crippen molar-refractivity contribution in [1.29, 1.82) is 0 Å². The van der Waals surface area contributed by atoms with E-state index < -0.39 is 0 Å². The van der Waals surface area contributed by atoms with Gasteiger partial charge in [0, 0.05) is 43.9 Å². The highest BCUT2D eigenvalue weighted by Gasteiger charge is 1.99. The number of anilines is 1. The lowest BCUT2D eigenvalue weighted by atomic mass is 10.2. The van der Waals surface area contributed by atoms with Crippen molar-refractivity contribution >= 4 is 17.0 Å². The highest BCUT2D eigenvalue weighted by Crippen LogP contribution is 2.13. The Labute approximate surface area is 112 Å². The lowest BCUT2D eigenvalue weighted by Crippen LogP contribution is -2.12. The minimum Gasteiger partial charge on any atom is -0.378 e. The number of nitrogens with one attached hydrogen (secondary N) is 1. The molecule has 0 atom stereocenters. The minimum absolute atomic E-state index is 0.890. The van der Waals surface area contributed by atoms with Crippen LogP contribution >= 0.6 is 11.3 Å². The highest BCUT2D eigenvalue weighted by molar-refractivity contribution is 7.11. The summed E-state index contributed by atoms with van der Waals surface area (Å²) in [6.07, 6.45) is 1.95. The molecule has 4 heteroatoms. The Bertz CT molecular complexity index is 488. The zero-order valence-electron chi connectivity index (χ0n) is 11.1. The van der Waals surface area contributed by atoms with Gasteiger partial charge in [0.05, 0.1) is 5.01 Å². The summed E-state index contributed by atoms with van der Waals surface area (Å²) in [6.45, 7) is 3.82. The molecule has 0 amide bonds. The minimum atomic E-state index is 0.890. The van der Waals surface area contributed by atoms with E-state index in [1.54, 1.807) is 11.3 Å². The van der Waals surface area contributed by atoms with Crippen LogP contribution in [0.2, 0.25) is 0 Å². The fourth-order valence-electron chi connectivity index (χ4n) is 1.73. The standard InChI is InChI=1S/C14H19N3S/c1-11-16-10-14(18-11)9-15-8-12-4-6-13(7-5-12)17(2)3/h4-7,10,15H,8-9H2,1-3H3. The molecule has 0 bridgehead atoms. The molecular weight excluding hydrogens is 242 g/mol. The second-order valence-electron chi connectivity index (χ2n) is 4.51. The molecule has 1 aromatic heterocycles. The fraction of sp³-hybridized carbons (Fsp3) is 0.357. The van der Waals surface area contributed by atoms with Gasteiger partial charge in [-0.1, -0.05) is 12.1 Å². The fourth-order valence-corrected chi connectivity index (χ4v) is 2.49. The largest absolute Gasteiger partial charge is 0.378 e. The van der Waals surface area contributed by atoms with E-state index in [9.17, 15) is 0 Å². The quantitative estimate of drug-likeness (QED) is 0.897. The molecule has 1 aromatic carbocycles. The van der Waals surface area contributed by atoms with Gasteiger partial charge >= 0.3 is 0 Å². The number of hydrogen-bond donors (Lipinski definition) is 1. The Balaban J connectivity index is 1.83. The molecule has 18 heavy (non-hydrogen) atoms. The van der Waals surface area contributed by atoms with Crippen molar-refractivity contribution in [3.8, 4) is 0 Å². The van der Waals surface area contributed by atoms with E-state index in [1.807, 2.05) is 13.1 Å². The summed E-state index contributed by atoms with van der Waals surface area (Å²) in [5, 5.41) is 4.56. The number of aromatic nitrogens is 1. The lowest BCUT2D eigenvalue weighted by Gasteiger charge is -2.12. The van der Waals surface area contributed by atoms with Crippen molar-refractivity contribution in [3.63, 3.8) is 0 Å². The van der Waals surface area contributed by atoms with Crippen LogP contribution in [0.4, 0.5) is 5.69 Å². The molecule has 0 fully saturated rings. The molecule has 0 saturated heterocycles. The first kappa shape index (κ1) is 13.1. The molecular formula is C14H19N3S. The molecule has 0 saturated carbocycles. The molecule has 0 radical (unpaired) electrons. The number of aryl methyl sites for hydroxylation is 1. The van der Waals surface area contributed by atoms with Gasteiger partial charge < -0.3 is 10.2 Å². The topological polar surface area (TPSA) is 28.2 Å². The predicted octanol–water partition coefficient (Wildman–Crippen LogP) is 2.81. The smallest absolute Gasteiger partial charge is 0.0897 e. The zero-order chi connectivity index (χ0) is 13.0. The maximum atomic E-state index is 4.25. The normalized spacial score (nSPS) is 10.6. The summed E-state index contributed by atoms with van der Waals surface area (Å²) < 4.78 is 0. The number of rotatable bonds is 5. The van der Waals surface area contributed by atoms with Gasteiger partial charge in [0.15, 0.2) is 0 Å². The van der Waals surface area contributed by atoms with Gasteiger partial charge in [-0.25, -0.2) is 4.98 Å². The molecule has 0 aliphatic rings. The Morgan fingerprint density at radius 3 is 2.44 bits per heavy atom. The summed E-state index contributed by atoms with van der Waals surface area (Å²) in [7, 11) is 4.11. The molecule has 2 aromatic rings. The average Bonchev–Trinajstić information content (AvgIpc) is 2.76. The van der Waals surface area contributed by atoms with Gasteiger partial charge in [-0.2, -0.15) is 0 Å². The van der Waals surface area contributed by atoms with E-state index in [0.717, 1.165) is 18.1 Å². The molecule has 2 rings (SSSR count). The van der Waals surface area contributed by atoms with Crippen molar-refractivity contribution in [2.75, 3.05) is 19.0 Å². The maximum absolute atomic E-state index is 4.25. The third kappa shape index (κ3) is 3.55. The maximum Gasteiger partial charge on any atom is 0.0897 e. The Kier molecular flexibility index (Phi) is 4.33. The third-order valence-corrected chi connectivity index (χ3v) is 3.66. The van der Waals surface area contributed by atoms with Gasteiger partial charge in [-0.15, -0.1) is 11.3 Å². The summed E-state index contributed by atoms with van der Waals surface area (Å²) in [4.78, 5) is 7.64. The van der Waals surface area contributed by atoms with Crippen LogP contribution < -0.4 is 10.2 Å². The van der Waals surface area contributed by atoms with Crippen LogP contribution in [-0.2, 0) is 13.1 Å². The molecule has 1 heterocycles. The number of thiazole rings is 1. The number of benzene rings is 1. The van der Waals surface area contributed by atoms with Crippen LogP contribution in [0, 0.1) is 6.92 Å². The first-order valence-electron chi connectivity index (χ1n) is 6.03. The third-order valence-electron chi connectivity index (χ3n) is 2.75.